The summed E-state index contributed by atoms with van der Waals surface area (Å²) >= 11 is 0. The van der Waals surface area contributed by atoms with Crippen molar-refractivity contribution in [2.45, 2.75) is 32.9 Å². The topological polar surface area (TPSA) is 128 Å². The average Bonchev–Trinajstić information content (AvgIpc) is 2.51. The van der Waals surface area contributed by atoms with Gasteiger partial charge in [-0.2, -0.15) is 0 Å². The number of hydrogen-bond donors (Lipinski definition) is 3. The van der Waals surface area contributed by atoms with Crippen molar-refractivity contribution >= 4 is 23.8 Å². The minimum atomic E-state index is -1.38. The number of halogens is 2. The summed E-state index contributed by atoms with van der Waals surface area (Å²) in [6, 6.07) is 0.481. The second-order valence-corrected chi connectivity index (χ2v) is 5.72. The lowest BCUT2D eigenvalue weighted by Gasteiger charge is -2.23. The highest BCUT2D eigenvalue weighted by molar-refractivity contribution is 5.98. The molecule has 0 heterocycles. The first-order chi connectivity index (χ1) is 12.0. The second-order valence-electron chi connectivity index (χ2n) is 5.72. The van der Waals surface area contributed by atoms with Gasteiger partial charge in [0.1, 0.15) is 23.2 Å². The Bertz CT molecular complexity index is 704. The summed E-state index contributed by atoms with van der Waals surface area (Å²) in [6.45, 7) is 4.29. The first kappa shape index (κ1) is 21.0. The molecule has 4 N–H and O–H groups in total. The monoisotopic (exact) mass is 371 g/mol. The molecule has 0 aliphatic heterocycles. The lowest BCUT2D eigenvalue weighted by Crippen LogP contribution is -2.49. The molecule has 1 rings (SSSR count). The number of carbonyl (C=O) groups excluding carboxylic acids is 4. The van der Waals surface area contributed by atoms with Crippen LogP contribution < -0.4 is 16.4 Å². The van der Waals surface area contributed by atoms with E-state index in [1.165, 1.54) is 6.92 Å². The van der Waals surface area contributed by atoms with Crippen LogP contribution in [-0.4, -0.2) is 36.0 Å². The Balaban J connectivity index is 2.89. The molecule has 1 aromatic carbocycles. The molecular weight excluding hydrogens is 352 g/mol. The first-order valence-electron chi connectivity index (χ1n) is 7.60. The van der Waals surface area contributed by atoms with Crippen molar-refractivity contribution in [3.05, 3.63) is 35.4 Å². The van der Waals surface area contributed by atoms with Gasteiger partial charge < -0.3 is 15.8 Å². The fraction of sp³-hybridized carbons (Fsp3) is 0.375. The third kappa shape index (κ3) is 5.50. The van der Waals surface area contributed by atoms with Crippen LogP contribution in [0.1, 0.15) is 31.1 Å². The van der Waals surface area contributed by atoms with Crippen LogP contribution in [0, 0.1) is 17.6 Å². The molecule has 26 heavy (non-hydrogen) atoms. The van der Waals surface area contributed by atoms with E-state index >= 15 is 0 Å². The van der Waals surface area contributed by atoms with Gasteiger partial charge in [0.15, 0.2) is 6.10 Å². The third-order valence-electron chi connectivity index (χ3n) is 3.31. The Morgan fingerprint density at radius 2 is 1.62 bits per heavy atom. The van der Waals surface area contributed by atoms with Crippen molar-refractivity contribution in [1.82, 2.24) is 10.6 Å². The number of esters is 1. The smallest absolute Gasteiger partial charge is 0.329 e. The van der Waals surface area contributed by atoms with Crippen molar-refractivity contribution in [3.8, 4) is 0 Å². The molecule has 1 aromatic rings. The molecule has 0 saturated carbocycles. The number of nitrogens with two attached hydrogens (primary N) is 1. The van der Waals surface area contributed by atoms with Crippen molar-refractivity contribution in [1.29, 1.82) is 0 Å². The van der Waals surface area contributed by atoms with Gasteiger partial charge in [0.2, 0.25) is 0 Å². The molecular formula is C16H19F2N3O5. The molecule has 0 bridgehead atoms. The van der Waals surface area contributed by atoms with E-state index in [2.05, 4.69) is 5.32 Å². The molecule has 0 radical (unpaired) electrons. The Morgan fingerprint density at radius 3 is 2.08 bits per heavy atom. The molecule has 0 aliphatic rings. The molecule has 8 nitrogen and oxygen atoms in total. The Morgan fingerprint density at radius 1 is 1.08 bits per heavy atom. The minimum absolute atomic E-state index is 0.521. The highest BCUT2D eigenvalue weighted by Crippen LogP contribution is 2.14. The number of ether oxygens (including phenoxy) is 1. The normalized spacial score (nSPS) is 12.8. The molecule has 0 spiro atoms. The first-order valence-corrected chi connectivity index (χ1v) is 7.60. The second kappa shape index (κ2) is 8.88. The Labute approximate surface area is 148 Å². The molecule has 0 aliphatic carbocycles. The predicted molar refractivity (Wildman–Crippen MR) is 85.7 cm³/mol. The van der Waals surface area contributed by atoms with E-state index in [0.717, 1.165) is 18.2 Å². The van der Waals surface area contributed by atoms with E-state index in [-0.39, 0.29) is 0 Å². The molecule has 142 valence electrons. The van der Waals surface area contributed by atoms with Crippen LogP contribution in [0.3, 0.4) is 0 Å². The van der Waals surface area contributed by atoms with E-state index in [4.69, 9.17) is 10.5 Å². The summed E-state index contributed by atoms with van der Waals surface area (Å²) in [5.41, 5.74) is 3.95. The summed E-state index contributed by atoms with van der Waals surface area (Å²) in [4.78, 5) is 46.5. The van der Waals surface area contributed by atoms with Crippen LogP contribution in [0.5, 0.6) is 0 Å². The van der Waals surface area contributed by atoms with E-state index in [0.29, 0.717) is 0 Å². The van der Waals surface area contributed by atoms with E-state index in [1.807, 2.05) is 0 Å². The summed E-state index contributed by atoms with van der Waals surface area (Å²) in [6.07, 6.45) is -1.38. The van der Waals surface area contributed by atoms with Gasteiger partial charge in [-0.15, -0.1) is 0 Å². The Kier molecular flexibility index (Phi) is 7.17. The van der Waals surface area contributed by atoms with Crippen LogP contribution in [-0.2, 0) is 14.3 Å². The fourth-order valence-corrected chi connectivity index (χ4v) is 1.95. The number of amides is 4. The van der Waals surface area contributed by atoms with Crippen LogP contribution >= 0.6 is 0 Å². The number of primary amides is 1. The fourth-order valence-electron chi connectivity index (χ4n) is 1.95. The largest absolute Gasteiger partial charge is 0.451 e. The van der Waals surface area contributed by atoms with Gasteiger partial charge in [0.25, 0.3) is 11.8 Å². The third-order valence-corrected chi connectivity index (χ3v) is 3.31. The Hall–Kier alpha value is -3.04. The lowest BCUT2D eigenvalue weighted by atomic mass is 10.0. The zero-order valence-corrected chi connectivity index (χ0v) is 14.3. The standard InChI is InChI=1S/C16H19F2N3O5/c1-7(2)12(15(24)26-8(3)13(22)21-16(19)25)20-14(23)11-9(17)5-4-6-10(11)18/h4-8,12H,1-3H3,(H,20,23)(H3,19,21,22,25)/t8-,12+/m1/s1. The zero-order chi connectivity index (χ0) is 20.0. The maximum absolute atomic E-state index is 13.7. The maximum Gasteiger partial charge on any atom is 0.329 e. The molecule has 0 saturated heterocycles. The number of nitrogens with one attached hydrogen (secondary N) is 2. The number of hydrogen-bond acceptors (Lipinski definition) is 5. The SMILES string of the molecule is CC(C)[C@H](NC(=O)c1c(F)cccc1F)C(=O)O[C@H](C)C(=O)NC(N)=O. The predicted octanol–water partition coefficient (Wildman–Crippen LogP) is 0.846. The number of carbonyl (C=O) groups is 4. The molecule has 0 aromatic heterocycles. The zero-order valence-electron chi connectivity index (χ0n) is 14.3. The molecule has 0 fully saturated rings. The van der Waals surface area contributed by atoms with Crippen molar-refractivity contribution in [2.75, 3.05) is 0 Å². The molecule has 10 heteroatoms. The van der Waals surface area contributed by atoms with Gasteiger partial charge >= 0.3 is 12.0 Å². The van der Waals surface area contributed by atoms with Gasteiger partial charge in [-0.1, -0.05) is 19.9 Å². The summed E-state index contributed by atoms with van der Waals surface area (Å²) in [5.74, 6) is -5.82. The number of imide groups is 1. The van der Waals surface area contributed by atoms with E-state index < -0.39 is 59.1 Å². The van der Waals surface area contributed by atoms with Crippen LogP contribution in [0.25, 0.3) is 0 Å². The number of benzene rings is 1. The van der Waals surface area contributed by atoms with Gasteiger partial charge in [0, 0.05) is 0 Å². The van der Waals surface area contributed by atoms with Crippen molar-refractivity contribution in [3.63, 3.8) is 0 Å². The molecule has 0 unspecified atom stereocenters. The van der Waals surface area contributed by atoms with E-state index in [1.54, 1.807) is 19.2 Å². The minimum Gasteiger partial charge on any atom is -0.451 e. The van der Waals surface area contributed by atoms with E-state index in [9.17, 15) is 28.0 Å². The maximum atomic E-state index is 13.7. The quantitative estimate of drug-likeness (QED) is 0.639. The molecule has 4 amide bonds. The van der Waals surface area contributed by atoms with Crippen LogP contribution in [0.2, 0.25) is 0 Å². The summed E-state index contributed by atoms with van der Waals surface area (Å²) in [7, 11) is 0. The highest BCUT2D eigenvalue weighted by atomic mass is 19.1. The van der Waals surface area contributed by atoms with Gasteiger partial charge in [-0.25, -0.2) is 18.4 Å². The number of urea groups is 1. The molecule has 2 atom stereocenters. The van der Waals surface area contributed by atoms with Crippen LogP contribution in [0.15, 0.2) is 18.2 Å². The van der Waals surface area contributed by atoms with Gasteiger partial charge in [0.05, 0.1) is 0 Å². The van der Waals surface area contributed by atoms with Crippen LogP contribution in [0.4, 0.5) is 13.6 Å². The van der Waals surface area contributed by atoms with Gasteiger partial charge in [-0.05, 0) is 25.0 Å². The number of rotatable bonds is 6. The van der Waals surface area contributed by atoms with Gasteiger partial charge in [-0.3, -0.25) is 14.9 Å². The van der Waals surface area contributed by atoms with Crippen molar-refractivity contribution < 1.29 is 32.7 Å². The highest BCUT2D eigenvalue weighted by Gasteiger charge is 2.31. The average molecular weight is 371 g/mol. The summed E-state index contributed by atoms with van der Waals surface area (Å²) in [5, 5.41) is 3.92. The lowest BCUT2D eigenvalue weighted by molar-refractivity contribution is -0.157. The van der Waals surface area contributed by atoms with Crippen molar-refractivity contribution in [2.24, 2.45) is 11.7 Å². The summed E-state index contributed by atoms with van der Waals surface area (Å²) < 4.78 is 32.2.